The molecule has 0 aromatic carbocycles. The Kier molecular flexibility index (Phi) is 13.2. The molecule has 0 unspecified atom stereocenters. The molecule has 0 fully saturated rings. The molecule has 0 rings (SSSR count). The van der Waals surface area contributed by atoms with Gasteiger partial charge in [-0.3, -0.25) is 0 Å². The molecule has 0 amide bonds. The molecule has 0 aliphatic heterocycles. The van der Waals surface area contributed by atoms with Crippen molar-refractivity contribution in [1.82, 2.24) is 6.15 Å². The number of allylic oxidation sites excluding steroid dienone is 5. The summed E-state index contributed by atoms with van der Waals surface area (Å²) in [6, 6.07) is 0. The number of unbranched alkanes of at least 4 members (excludes halogenated alkanes) is 1. The van der Waals surface area contributed by atoms with E-state index in [4.69, 9.17) is 0 Å². The summed E-state index contributed by atoms with van der Waals surface area (Å²) in [7, 11) is 0. The third-order valence-electron chi connectivity index (χ3n) is 0.977. The molecular weight excluding hydrogens is 122 g/mol. The molecule has 0 spiro atoms. The Morgan fingerprint density at radius 3 is 2.40 bits per heavy atom. The van der Waals surface area contributed by atoms with Crippen molar-refractivity contribution < 1.29 is 0 Å². The maximum Gasteiger partial charge on any atom is -0.0313 e. The van der Waals surface area contributed by atoms with Crippen molar-refractivity contribution in [2.24, 2.45) is 0 Å². The standard InChI is InChI=1S/C9H14.H3N/c1-3-5-7-9-8-6-4-2;/h3-4,6,8-9H,1,5,7H2,2H3;1H3/b6-4+,9-8+;. The fourth-order valence-electron chi connectivity index (χ4n) is 0.500. The first-order chi connectivity index (χ1) is 4.41. The molecule has 0 aliphatic rings. The van der Waals surface area contributed by atoms with Crippen molar-refractivity contribution in [2.75, 3.05) is 0 Å². The maximum atomic E-state index is 3.63. The summed E-state index contributed by atoms with van der Waals surface area (Å²) in [6.07, 6.45) is 12.4. The Bertz CT molecular complexity index is 112. The lowest BCUT2D eigenvalue weighted by molar-refractivity contribution is 1.06. The number of hydrogen-bond acceptors (Lipinski definition) is 1. The Hall–Kier alpha value is -0.820. The molecule has 1 nitrogen and oxygen atoms in total. The minimum absolute atomic E-state index is 0. The van der Waals surface area contributed by atoms with Gasteiger partial charge >= 0.3 is 0 Å². The van der Waals surface area contributed by atoms with E-state index < -0.39 is 0 Å². The Morgan fingerprint density at radius 1 is 1.20 bits per heavy atom. The van der Waals surface area contributed by atoms with Gasteiger partial charge in [0.15, 0.2) is 0 Å². The highest BCUT2D eigenvalue weighted by Crippen LogP contribution is 1.90. The topological polar surface area (TPSA) is 35.0 Å². The first-order valence-corrected chi connectivity index (χ1v) is 3.30. The van der Waals surface area contributed by atoms with Crippen LogP contribution in [0.25, 0.3) is 0 Å². The van der Waals surface area contributed by atoms with Gasteiger partial charge in [-0.15, -0.1) is 6.58 Å². The van der Waals surface area contributed by atoms with Crippen molar-refractivity contribution in [1.29, 1.82) is 0 Å². The molecule has 0 saturated carbocycles. The molecule has 3 N–H and O–H groups in total. The summed E-state index contributed by atoms with van der Waals surface area (Å²) in [5, 5.41) is 0. The van der Waals surface area contributed by atoms with Gasteiger partial charge in [-0.1, -0.05) is 30.4 Å². The number of hydrogen-bond donors (Lipinski definition) is 1. The molecule has 0 saturated heterocycles. The smallest absolute Gasteiger partial charge is 0.0313 e. The van der Waals surface area contributed by atoms with Crippen molar-refractivity contribution in [2.45, 2.75) is 19.8 Å². The predicted octanol–water partition coefficient (Wildman–Crippen LogP) is 3.25. The van der Waals surface area contributed by atoms with E-state index in [9.17, 15) is 0 Å². The fourth-order valence-corrected chi connectivity index (χ4v) is 0.500. The summed E-state index contributed by atoms with van der Waals surface area (Å²) in [5.74, 6) is 0. The van der Waals surface area contributed by atoms with Gasteiger partial charge < -0.3 is 6.15 Å². The van der Waals surface area contributed by atoms with Crippen LogP contribution in [0.15, 0.2) is 37.0 Å². The normalized spacial score (nSPS) is 10.1. The van der Waals surface area contributed by atoms with Gasteiger partial charge in [-0.2, -0.15) is 0 Å². The first-order valence-electron chi connectivity index (χ1n) is 3.30. The fraction of sp³-hybridized carbons (Fsp3) is 0.333. The molecular formula is C9H17N. The van der Waals surface area contributed by atoms with Crippen LogP contribution in [0.4, 0.5) is 0 Å². The van der Waals surface area contributed by atoms with E-state index in [-0.39, 0.29) is 6.15 Å². The zero-order valence-electron chi connectivity index (χ0n) is 6.72. The van der Waals surface area contributed by atoms with E-state index in [0.29, 0.717) is 0 Å². The lowest BCUT2D eigenvalue weighted by Crippen LogP contribution is -1.60. The van der Waals surface area contributed by atoms with Gasteiger partial charge in [-0.25, -0.2) is 0 Å². The summed E-state index contributed by atoms with van der Waals surface area (Å²) in [6.45, 7) is 5.64. The summed E-state index contributed by atoms with van der Waals surface area (Å²) in [4.78, 5) is 0. The highest BCUT2D eigenvalue weighted by Gasteiger charge is 1.70. The molecule has 0 bridgehead atoms. The molecule has 10 heavy (non-hydrogen) atoms. The van der Waals surface area contributed by atoms with Crippen molar-refractivity contribution >= 4 is 0 Å². The average molecular weight is 139 g/mol. The van der Waals surface area contributed by atoms with E-state index in [0.717, 1.165) is 12.8 Å². The second-order valence-corrected chi connectivity index (χ2v) is 1.82. The van der Waals surface area contributed by atoms with Crippen LogP contribution in [0, 0.1) is 0 Å². The molecule has 0 aromatic rings. The molecule has 0 atom stereocenters. The van der Waals surface area contributed by atoms with Crippen molar-refractivity contribution in [3.8, 4) is 0 Å². The van der Waals surface area contributed by atoms with Crippen LogP contribution >= 0.6 is 0 Å². The van der Waals surface area contributed by atoms with Crippen LogP contribution in [0.5, 0.6) is 0 Å². The lowest BCUT2D eigenvalue weighted by Gasteiger charge is -1.80. The second kappa shape index (κ2) is 11.0. The monoisotopic (exact) mass is 139 g/mol. The molecule has 0 aromatic heterocycles. The maximum absolute atomic E-state index is 3.63. The van der Waals surface area contributed by atoms with Gasteiger partial charge in [0.1, 0.15) is 0 Å². The third kappa shape index (κ3) is 10.2. The summed E-state index contributed by atoms with van der Waals surface area (Å²) in [5.41, 5.74) is 0. The van der Waals surface area contributed by atoms with E-state index in [1.54, 1.807) is 0 Å². The van der Waals surface area contributed by atoms with Crippen LogP contribution in [0.1, 0.15) is 19.8 Å². The van der Waals surface area contributed by atoms with E-state index in [1.807, 2.05) is 25.2 Å². The number of rotatable bonds is 4. The van der Waals surface area contributed by atoms with Crippen LogP contribution < -0.4 is 6.15 Å². The quantitative estimate of drug-likeness (QED) is 0.362. The lowest BCUT2D eigenvalue weighted by atomic mass is 10.3. The largest absolute Gasteiger partial charge is 0.344 e. The predicted molar refractivity (Wildman–Crippen MR) is 48.4 cm³/mol. The first kappa shape index (κ1) is 11.9. The van der Waals surface area contributed by atoms with Crippen molar-refractivity contribution in [3.63, 3.8) is 0 Å². The van der Waals surface area contributed by atoms with Crippen LogP contribution in [-0.4, -0.2) is 0 Å². The summed E-state index contributed by atoms with van der Waals surface area (Å²) >= 11 is 0. The molecule has 0 radical (unpaired) electrons. The second-order valence-electron chi connectivity index (χ2n) is 1.82. The zero-order valence-corrected chi connectivity index (χ0v) is 6.72. The van der Waals surface area contributed by atoms with E-state index >= 15 is 0 Å². The van der Waals surface area contributed by atoms with Crippen LogP contribution in [0.2, 0.25) is 0 Å². The highest BCUT2D eigenvalue weighted by molar-refractivity contribution is 5.01. The molecule has 0 heterocycles. The Labute approximate surface area is 63.7 Å². The highest BCUT2D eigenvalue weighted by atomic mass is 14.0. The van der Waals surface area contributed by atoms with Crippen molar-refractivity contribution in [3.05, 3.63) is 37.0 Å². The Balaban J connectivity index is 0. The molecule has 1 heteroatoms. The van der Waals surface area contributed by atoms with E-state index in [1.165, 1.54) is 0 Å². The van der Waals surface area contributed by atoms with Gasteiger partial charge in [0.2, 0.25) is 0 Å². The minimum Gasteiger partial charge on any atom is -0.344 e. The zero-order chi connectivity index (χ0) is 6.95. The third-order valence-corrected chi connectivity index (χ3v) is 0.977. The molecule has 0 aliphatic carbocycles. The van der Waals surface area contributed by atoms with E-state index in [2.05, 4.69) is 18.7 Å². The van der Waals surface area contributed by atoms with Gasteiger partial charge in [0.05, 0.1) is 0 Å². The Morgan fingerprint density at radius 2 is 1.90 bits per heavy atom. The van der Waals surface area contributed by atoms with Gasteiger partial charge in [0, 0.05) is 0 Å². The molecule has 58 valence electrons. The minimum atomic E-state index is 0. The van der Waals surface area contributed by atoms with Gasteiger partial charge in [-0.05, 0) is 19.8 Å². The summed E-state index contributed by atoms with van der Waals surface area (Å²) < 4.78 is 0. The van der Waals surface area contributed by atoms with Crippen LogP contribution in [-0.2, 0) is 0 Å². The van der Waals surface area contributed by atoms with Gasteiger partial charge in [0.25, 0.3) is 0 Å². The van der Waals surface area contributed by atoms with Crippen LogP contribution in [0.3, 0.4) is 0 Å². The SMILES string of the molecule is C=CCC/C=C/C=C/C.N. The average Bonchev–Trinajstić information content (AvgIpc) is 1.89.